The van der Waals surface area contributed by atoms with E-state index in [0.717, 1.165) is 45.1 Å². The van der Waals surface area contributed by atoms with Crippen molar-refractivity contribution in [3.8, 4) is 11.5 Å². The highest BCUT2D eigenvalue weighted by molar-refractivity contribution is 5.45. The lowest BCUT2D eigenvalue weighted by Gasteiger charge is -2.25. The van der Waals surface area contributed by atoms with Crippen molar-refractivity contribution >= 4 is 0 Å². The molecule has 0 bridgehead atoms. The zero-order chi connectivity index (χ0) is 81.8. The number of pyridine rings is 2. The fourth-order valence-corrected chi connectivity index (χ4v) is 10.8. The van der Waals surface area contributed by atoms with Gasteiger partial charge in [0.2, 0.25) is 0 Å². The molecule has 2 aromatic heterocycles. The number of ether oxygens (including phenoxy) is 2. The largest absolute Gasteiger partial charge is 0.496 e. The Hall–Kier alpha value is -6.14. The molecule has 7 aromatic rings. The Morgan fingerprint density at radius 2 is 0.385 bits per heavy atom. The summed E-state index contributed by atoms with van der Waals surface area (Å²) in [7, 11) is 3.49. The normalized spacial score (nSPS) is 12.9. The van der Waals surface area contributed by atoms with E-state index in [4.69, 9.17) is 9.47 Å². The van der Waals surface area contributed by atoms with Crippen molar-refractivity contribution in [3.63, 3.8) is 0 Å². The highest BCUT2D eigenvalue weighted by Gasteiger charge is 2.28. The Balaban J connectivity index is 0.000000607. The van der Waals surface area contributed by atoms with Crippen LogP contribution in [0.4, 0.5) is 8.78 Å². The molecule has 0 saturated carbocycles. The van der Waals surface area contributed by atoms with Gasteiger partial charge in [0, 0.05) is 34.6 Å². The van der Waals surface area contributed by atoms with Crippen molar-refractivity contribution in [2.24, 2.45) is 0 Å². The second-order valence-electron chi connectivity index (χ2n) is 43.2. The van der Waals surface area contributed by atoms with Crippen LogP contribution in [-0.4, -0.2) is 24.2 Å². The summed E-state index contributed by atoms with van der Waals surface area (Å²) in [4.78, 5) is 9.03. The maximum Gasteiger partial charge on any atom is 0.127 e. The molecule has 0 saturated heterocycles. The summed E-state index contributed by atoms with van der Waals surface area (Å²) in [6.07, 6.45) is 4.00. The molecular weight excluding hydrogens is 1280 g/mol. The number of hydrogen-bond donors (Lipinski definition) is 0. The number of nitrogens with zero attached hydrogens (tertiary/aromatic N) is 2. The van der Waals surface area contributed by atoms with Crippen LogP contribution in [0.2, 0.25) is 0 Å². The number of methoxy groups -OCH3 is 2. The third kappa shape index (κ3) is 32.1. The van der Waals surface area contributed by atoms with Gasteiger partial charge in [-0.2, -0.15) is 0 Å². The van der Waals surface area contributed by atoms with Gasteiger partial charge in [-0.25, -0.2) is 8.78 Å². The van der Waals surface area contributed by atoms with Gasteiger partial charge in [0.05, 0.1) is 14.2 Å². The van der Waals surface area contributed by atoms with E-state index in [2.05, 4.69) is 344 Å². The van der Waals surface area contributed by atoms with Crippen molar-refractivity contribution in [2.75, 3.05) is 14.2 Å². The third-order valence-electron chi connectivity index (χ3n) is 18.5. The monoisotopic (exact) mass is 1430 g/mol. The van der Waals surface area contributed by atoms with Gasteiger partial charge in [-0.1, -0.05) is 376 Å². The van der Waals surface area contributed by atoms with Crippen LogP contribution in [0.1, 0.15) is 369 Å². The molecule has 0 N–H and O–H groups in total. The SMILES string of the molecule is CC(C)(C)c1ccc(C(C)(C)C)c(F)c1.CC(C)(C)c1ccc(C(C)(C)C)c(F)c1.CC(C)(C)c1ccc(C(C)(C)C)cc1.CC(C)(C)c1ccc(C(C)(C)C)nc1.CC(C)(C)c1ccc(C(C)(C)C)nc1.COc1cc(C(C)(C)C)ccc1C(C)(C)C.COc1cc(C(C)(C)C)ccc1C(C)(C)C. The van der Waals surface area contributed by atoms with Gasteiger partial charge < -0.3 is 9.47 Å². The molecule has 582 valence electrons. The van der Waals surface area contributed by atoms with Crippen molar-refractivity contribution < 1.29 is 18.3 Å². The number of benzene rings is 5. The number of hydrogen-bond acceptors (Lipinski definition) is 4. The molecule has 0 aliphatic rings. The van der Waals surface area contributed by atoms with Crippen LogP contribution in [-0.2, 0) is 75.8 Å². The first-order valence-electron chi connectivity index (χ1n) is 38.2. The smallest absolute Gasteiger partial charge is 0.127 e. The summed E-state index contributed by atoms with van der Waals surface area (Å²) in [6.45, 7) is 91.2. The second kappa shape index (κ2) is 35.7. The Morgan fingerprint density at radius 1 is 0.202 bits per heavy atom. The minimum absolute atomic E-state index is 0.0112. The number of rotatable bonds is 2. The summed E-state index contributed by atoms with van der Waals surface area (Å²) in [5.74, 6) is 1.82. The van der Waals surface area contributed by atoms with Gasteiger partial charge in [0.1, 0.15) is 23.1 Å². The standard InChI is InChI=1S/2C15H24O.2C14H21F.C14H22.2C13H21N/c2*1-14(2,3)11-8-9-12(15(4,5)6)13(10-11)16-7;2*1-13(2,3)10-7-8-11(12(15)9-10)14(4,5)6;1-13(2,3)11-7-9-12(10-8-11)14(4,5)6;2*1-12(2,3)10-7-8-11(14-9-10)13(4,5)6/h2*8-10H,1-7H3;2*7-9H,1-6H3;7-10H,1-6H3;2*7-9H,1-6H3. The molecule has 7 rings (SSSR count). The summed E-state index contributed by atoms with van der Waals surface area (Å²) < 4.78 is 38.8. The Labute approximate surface area is 640 Å². The molecule has 2 heterocycles. The summed E-state index contributed by atoms with van der Waals surface area (Å²) in [6, 6.07) is 42.0. The lowest BCUT2D eigenvalue weighted by Crippen LogP contribution is -2.16. The lowest BCUT2D eigenvalue weighted by atomic mass is 9.81. The van der Waals surface area contributed by atoms with Crippen molar-refractivity contribution in [1.29, 1.82) is 0 Å². The van der Waals surface area contributed by atoms with Crippen molar-refractivity contribution in [3.05, 3.63) is 224 Å². The zero-order valence-corrected chi connectivity index (χ0v) is 75.2. The van der Waals surface area contributed by atoms with E-state index in [1.54, 1.807) is 26.4 Å². The first-order chi connectivity index (χ1) is 46.2. The van der Waals surface area contributed by atoms with Crippen LogP contribution >= 0.6 is 0 Å². The van der Waals surface area contributed by atoms with E-state index >= 15 is 0 Å². The van der Waals surface area contributed by atoms with Crippen LogP contribution in [0.25, 0.3) is 0 Å². The summed E-state index contributed by atoms with van der Waals surface area (Å²) in [5, 5.41) is 0. The lowest BCUT2D eigenvalue weighted by molar-refractivity contribution is 0.395. The Bertz CT molecular complexity index is 3320. The Morgan fingerprint density at radius 3 is 0.538 bits per heavy atom. The van der Waals surface area contributed by atoms with E-state index < -0.39 is 0 Å². The molecule has 4 nitrogen and oxygen atoms in total. The van der Waals surface area contributed by atoms with Gasteiger partial charge in [-0.15, -0.1) is 0 Å². The molecule has 0 aliphatic carbocycles. The fourth-order valence-electron chi connectivity index (χ4n) is 10.8. The number of aromatic nitrogens is 2. The predicted molar refractivity (Wildman–Crippen MR) is 456 cm³/mol. The highest BCUT2D eigenvalue weighted by atomic mass is 19.1. The van der Waals surface area contributed by atoms with E-state index in [1.807, 2.05) is 78.2 Å². The van der Waals surface area contributed by atoms with Gasteiger partial charge in [0.15, 0.2) is 0 Å². The van der Waals surface area contributed by atoms with Crippen LogP contribution in [0.3, 0.4) is 0 Å². The molecule has 0 unspecified atom stereocenters. The molecule has 0 spiro atoms. The van der Waals surface area contributed by atoms with Crippen LogP contribution < -0.4 is 9.47 Å². The van der Waals surface area contributed by atoms with E-state index in [1.165, 1.54) is 44.5 Å². The van der Waals surface area contributed by atoms with E-state index in [0.29, 0.717) is 0 Å². The van der Waals surface area contributed by atoms with Gasteiger partial charge in [-0.05, 0) is 168 Å². The maximum absolute atomic E-state index is 13.9. The molecule has 6 heteroatoms. The zero-order valence-electron chi connectivity index (χ0n) is 75.2. The summed E-state index contributed by atoms with van der Waals surface area (Å²) >= 11 is 0. The topological polar surface area (TPSA) is 44.2 Å². The molecular formula is C98H154F2N2O2. The molecule has 0 radical (unpaired) electrons. The maximum atomic E-state index is 13.9. The van der Waals surface area contributed by atoms with Crippen LogP contribution in [0.15, 0.2) is 134 Å². The number of halogens is 2. The predicted octanol–water partition coefficient (Wildman–Crippen LogP) is 29.1. The minimum Gasteiger partial charge on any atom is -0.496 e. The summed E-state index contributed by atoms with van der Waals surface area (Å²) in [5.41, 5.74) is 18.1. The Kier molecular flexibility index (Phi) is 32.9. The molecule has 0 aliphatic heterocycles. The average Bonchev–Trinajstić information content (AvgIpc) is 0.815. The van der Waals surface area contributed by atoms with Gasteiger partial charge >= 0.3 is 0 Å². The highest BCUT2D eigenvalue weighted by Crippen LogP contribution is 2.39. The average molecular weight is 1430 g/mol. The van der Waals surface area contributed by atoms with Gasteiger partial charge in [0.25, 0.3) is 0 Å². The van der Waals surface area contributed by atoms with Gasteiger partial charge in [-0.3, -0.25) is 9.97 Å². The quantitative estimate of drug-likeness (QED) is 0.173. The van der Waals surface area contributed by atoms with Crippen molar-refractivity contribution in [1.82, 2.24) is 9.97 Å². The van der Waals surface area contributed by atoms with E-state index in [9.17, 15) is 8.78 Å². The minimum atomic E-state index is -0.125. The first-order valence-corrected chi connectivity index (χ1v) is 38.2. The molecule has 0 fully saturated rings. The first kappa shape index (κ1) is 95.9. The third-order valence-corrected chi connectivity index (χ3v) is 18.5. The molecule has 0 atom stereocenters. The molecule has 104 heavy (non-hydrogen) atoms. The fraction of sp³-hybridized carbons (Fsp3) is 0.592. The molecule has 5 aromatic carbocycles. The van der Waals surface area contributed by atoms with Crippen LogP contribution in [0.5, 0.6) is 11.5 Å². The molecule has 0 amide bonds. The van der Waals surface area contributed by atoms with Crippen LogP contribution in [0, 0.1) is 11.6 Å². The second-order valence-corrected chi connectivity index (χ2v) is 43.2. The van der Waals surface area contributed by atoms with E-state index in [-0.39, 0.29) is 87.4 Å². The van der Waals surface area contributed by atoms with Crippen molar-refractivity contribution in [2.45, 2.75) is 367 Å².